The lowest BCUT2D eigenvalue weighted by Crippen LogP contribution is -2.46. The van der Waals surface area contributed by atoms with Crippen LogP contribution in [0.15, 0.2) is 0 Å². The second kappa shape index (κ2) is 54.8. The zero-order valence-corrected chi connectivity index (χ0v) is 45.1. The molecule has 0 aromatic carbocycles. The largest absolute Gasteiger partial charge is 0.462 e. The third kappa shape index (κ3) is 49.3. The van der Waals surface area contributed by atoms with Crippen molar-refractivity contribution in [1.82, 2.24) is 5.32 Å². The number of ether oxygens (including phenoxy) is 1. The van der Waals surface area contributed by atoms with E-state index >= 15 is 0 Å². The molecule has 6 heteroatoms. The third-order valence-corrected chi connectivity index (χ3v) is 14.4. The van der Waals surface area contributed by atoms with Crippen molar-refractivity contribution in [2.45, 2.75) is 366 Å². The maximum atomic E-state index is 13.3. The Bertz CT molecular complexity index is 959. The lowest BCUT2D eigenvalue weighted by atomic mass is 10.0. The maximum absolute atomic E-state index is 13.3. The highest BCUT2D eigenvalue weighted by Gasteiger charge is 2.24. The van der Waals surface area contributed by atoms with Crippen LogP contribution in [0, 0.1) is 0 Å². The summed E-state index contributed by atoms with van der Waals surface area (Å²) in [5.41, 5.74) is 0. The maximum Gasteiger partial charge on any atom is 0.306 e. The van der Waals surface area contributed by atoms with E-state index in [0.29, 0.717) is 19.3 Å². The zero-order valence-electron chi connectivity index (χ0n) is 45.1. The predicted octanol–water partition coefficient (Wildman–Crippen LogP) is 18.7. The molecule has 0 rings (SSSR count). The van der Waals surface area contributed by atoms with Crippen molar-refractivity contribution in [1.29, 1.82) is 0 Å². The van der Waals surface area contributed by atoms with Gasteiger partial charge < -0.3 is 20.3 Å². The molecule has 0 aromatic rings. The Morgan fingerprint density at radius 1 is 0.379 bits per heavy atom. The van der Waals surface area contributed by atoms with Crippen molar-refractivity contribution >= 4 is 11.9 Å². The van der Waals surface area contributed by atoms with Crippen molar-refractivity contribution in [3.05, 3.63) is 0 Å². The normalized spacial score (nSPS) is 13.0. The van der Waals surface area contributed by atoms with E-state index in [1.165, 1.54) is 263 Å². The van der Waals surface area contributed by atoms with Gasteiger partial charge in [-0.3, -0.25) is 9.59 Å². The van der Waals surface area contributed by atoms with Crippen LogP contribution in [0.5, 0.6) is 0 Å². The fraction of sp³-hybridized carbons (Fsp3) is 0.967. The summed E-state index contributed by atoms with van der Waals surface area (Å²) < 4.78 is 5.98. The van der Waals surface area contributed by atoms with E-state index < -0.39 is 18.2 Å². The molecule has 0 spiro atoms. The van der Waals surface area contributed by atoms with Crippen LogP contribution in [-0.2, 0) is 14.3 Å². The quantitative estimate of drug-likeness (QED) is 0.0417. The van der Waals surface area contributed by atoms with Crippen molar-refractivity contribution in [3.8, 4) is 0 Å². The average Bonchev–Trinajstić information content (AvgIpc) is 3.31. The summed E-state index contributed by atoms with van der Waals surface area (Å²) in [5, 5.41) is 23.9. The molecule has 0 bridgehead atoms. The first-order valence-electron chi connectivity index (χ1n) is 30.3. The van der Waals surface area contributed by atoms with Gasteiger partial charge in [0.15, 0.2) is 0 Å². The van der Waals surface area contributed by atoms with Gasteiger partial charge in [0.05, 0.1) is 25.2 Å². The van der Waals surface area contributed by atoms with Gasteiger partial charge in [-0.2, -0.15) is 0 Å². The monoisotopic (exact) mass is 934 g/mol. The summed E-state index contributed by atoms with van der Waals surface area (Å²) in [6, 6.07) is -0.693. The van der Waals surface area contributed by atoms with Crippen LogP contribution in [0.3, 0.4) is 0 Å². The number of aliphatic hydroxyl groups is 2. The van der Waals surface area contributed by atoms with Gasteiger partial charge in [-0.25, -0.2) is 0 Å². The van der Waals surface area contributed by atoms with E-state index in [4.69, 9.17) is 4.74 Å². The number of nitrogens with one attached hydrogen (secondary N) is 1. The molecule has 0 aliphatic carbocycles. The average molecular weight is 935 g/mol. The number of amides is 1. The molecule has 394 valence electrons. The minimum atomic E-state index is -0.780. The Balaban J connectivity index is 4.45. The fourth-order valence-electron chi connectivity index (χ4n) is 9.85. The van der Waals surface area contributed by atoms with Gasteiger partial charge in [0.25, 0.3) is 0 Å². The van der Waals surface area contributed by atoms with Gasteiger partial charge in [-0.1, -0.05) is 310 Å². The summed E-state index contributed by atoms with van der Waals surface area (Å²) in [5.74, 6) is -0.442. The molecular formula is C60H119NO5. The molecule has 0 saturated heterocycles. The zero-order chi connectivity index (χ0) is 48.1. The van der Waals surface area contributed by atoms with Crippen molar-refractivity contribution in [2.75, 3.05) is 6.61 Å². The van der Waals surface area contributed by atoms with Gasteiger partial charge in [-0.05, 0) is 25.7 Å². The molecule has 0 heterocycles. The van der Waals surface area contributed by atoms with Crippen LogP contribution in [0.4, 0.5) is 0 Å². The summed E-state index contributed by atoms with van der Waals surface area (Å²) in [6.07, 6.45) is 61.7. The third-order valence-electron chi connectivity index (χ3n) is 14.4. The molecule has 0 saturated carbocycles. The number of carbonyl (C=O) groups excluding carboxylic acids is 2. The van der Waals surface area contributed by atoms with Crippen molar-refractivity contribution in [3.63, 3.8) is 0 Å². The van der Waals surface area contributed by atoms with Crippen LogP contribution in [0.2, 0.25) is 0 Å². The van der Waals surface area contributed by atoms with E-state index in [0.717, 1.165) is 38.5 Å². The highest BCUT2D eigenvalue weighted by atomic mass is 16.5. The number of esters is 1. The van der Waals surface area contributed by atoms with Crippen LogP contribution >= 0.6 is 0 Å². The van der Waals surface area contributed by atoms with E-state index in [1.54, 1.807) is 0 Å². The Kier molecular flexibility index (Phi) is 53.8. The fourth-order valence-corrected chi connectivity index (χ4v) is 9.85. The lowest BCUT2D eigenvalue weighted by Gasteiger charge is -2.24. The van der Waals surface area contributed by atoms with E-state index in [-0.39, 0.29) is 24.9 Å². The van der Waals surface area contributed by atoms with Gasteiger partial charge in [0.2, 0.25) is 5.91 Å². The minimum absolute atomic E-state index is 0.0888. The molecule has 6 nitrogen and oxygen atoms in total. The van der Waals surface area contributed by atoms with Gasteiger partial charge in [0, 0.05) is 6.42 Å². The van der Waals surface area contributed by atoms with Gasteiger partial charge >= 0.3 is 5.97 Å². The lowest BCUT2D eigenvalue weighted by molar-refractivity contribution is -0.151. The Labute approximate surface area is 413 Å². The molecule has 3 N–H and O–H groups in total. The molecule has 0 aliphatic rings. The minimum Gasteiger partial charge on any atom is -0.462 e. The number of hydrogen-bond donors (Lipinski definition) is 3. The molecule has 1 amide bonds. The second-order valence-electron chi connectivity index (χ2n) is 21.1. The first-order chi connectivity index (χ1) is 32.5. The Hall–Kier alpha value is -1.14. The molecule has 0 aliphatic heterocycles. The molecule has 0 fully saturated rings. The van der Waals surface area contributed by atoms with Crippen LogP contribution in [0.25, 0.3) is 0 Å². The number of hydrogen-bond acceptors (Lipinski definition) is 5. The highest BCUT2D eigenvalue weighted by Crippen LogP contribution is 2.20. The molecule has 0 radical (unpaired) electrons. The molecule has 66 heavy (non-hydrogen) atoms. The van der Waals surface area contributed by atoms with Crippen LogP contribution < -0.4 is 5.32 Å². The first-order valence-corrected chi connectivity index (χ1v) is 30.3. The summed E-state index contributed by atoms with van der Waals surface area (Å²) >= 11 is 0. The Morgan fingerprint density at radius 2 is 0.636 bits per heavy atom. The number of aliphatic hydroxyl groups excluding tert-OH is 2. The molecular weight excluding hydrogens is 815 g/mol. The predicted molar refractivity (Wildman–Crippen MR) is 287 cm³/mol. The number of unbranched alkanes of at least 4 members (excludes halogenated alkanes) is 44. The van der Waals surface area contributed by atoms with E-state index in [1.807, 2.05) is 0 Å². The smallest absolute Gasteiger partial charge is 0.306 e. The summed E-state index contributed by atoms with van der Waals surface area (Å²) in [6.45, 7) is 6.55. The Morgan fingerprint density at radius 3 is 0.924 bits per heavy atom. The van der Waals surface area contributed by atoms with Crippen molar-refractivity contribution in [2.24, 2.45) is 0 Å². The van der Waals surface area contributed by atoms with E-state index in [2.05, 4.69) is 26.1 Å². The molecule has 3 atom stereocenters. The van der Waals surface area contributed by atoms with Crippen LogP contribution in [0.1, 0.15) is 348 Å². The number of rotatable bonds is 56. The summed E-state index contributed by atoms with van der Waals surface area (Å²) in [4.78, 5) is 26.3. The van der Waals surface area contributed by atoms with Gasteiger partial charge in [-0.15, -0.1) is 0 Å². The van der Waals surface area contributed by atoms with Crippen LogP contribution in [-0.4, -0.2) is 46.9 Å². The number of carbonyl (C=O) groups is 2. The van der Waals surface area contributed by atoms with E-state index in [9.17, 15) is 19.8 Å². The topological polar surface area (TPSA) is 95.9 Å². The SMILES string of the molecule is CCCCCCCCCCCCCCCCCCCC(=O)OC(CCCCCCCCCCCCCCCC)CC(=O)NC(CO)C(O)CCCCCCCCCCCCCCCCCC. The summed E-state index contributed by atoms with van der Waals surface area (Å²) in [7, 11) is 0. The molecule has 0 aromatic heterocycles. The second-order valence-corrected chi connectivity index (χ2v) is 21.1. The standard InChI is InChI=1S/C60H119NO5/c1-4-7-10-13-16-19-22-25-28-30-32-35-38-41-44-47-50-53-60(65)66-56(51-48-45-42-39-36-33-27-24-21-18-15-12-9-6-3)54-59(64)61-57(55-62)58(63)52-49-46-43-40-37-34-31-29-26-23-20-17-14-11-8-5-2/h56-58,62-63H,4-55H2,1-3H3,(H,61,64). The first kappa shape index (κ1) is 64.9. The highest BCUT2D eigenvalue weighted by molar-refractivity contribution is 5.77. The van der Waals surface area contributed by atoms with Crippen molar-refractivity contribution < 1.29 is 24.5 Å². The molecule has 3 unspecified atom stereocenters. The van der Waals surface area contributed by atoms with Gasteiger partial charge in [0.1, 0.15) is 6.10 Å².